The molecule has 2 aromatic rings. The molecule has 1 atom stereocenters. The molecule has 1 aliphatic rings. The summed E-state index contributed by atoms with van der Waals surface area (Å²) in [6.45, 7) is 4.02. The van der Waals surface area contributed by atoms with Gasteiger partial charge in [0.1, 0.15) is 0 Å². The molecule has 1 aliphatic carbocycles. The Hall–Kier alpha value is -1.90. The molecule has 0 radical (unpaired) electrons. The average Bonchev–Trinajstić information content (AvgIpc) is 2.93. The summed E-state index contributed by atoms with van der Waals surface area (Å²) in [6, 6.07) is 9.58. The van der Waals surface area contributed by atoms with Crippen LogP contribution >= 0.6 is 0 Å². The number of hydrogen-bond donors (Lipinski definition) is 1. The predicted octanol–water partition coefficient (Wildman–Crippen LogP) is 2.99. The van der Waals surface area contributed by atoms with E-state index in [0.717, 1.165) is 16.5 Å². The van der Waals surface area contributed by atoms with Crippen LogP contribution in [0.2, 0.25) is 0 Å². The smallest absolute Gasteiger partial charge is 0.314 e. The molecule has 18 heavy (non-hydrogen) atoms. The van der Waals surface area contributed by atoms with Gasteiger partial charge in [0, 0.05) is 11.6 Å². The van der Waals surface area contributed by atoms with E-state index in [2.05, 4.69) is 4.98 Å². The summed E-state index contributed by atoms with van der Waals surface area (Å²) in [5.74, 6) is -0.733. The molecular weight excluding hydrogens is 226 g/mol. The number of carboxylic acids is 1. The van der Waals surface area contributed by atoms with Gasteiger partial charge in [-0.3, -0.25) is 9.78 Å². The van der Waals surface area contributed by atoms with Crippen molar-refractivity contribution in [2.24, 2.45) is 5.41 Å². The lowest BCUT2D eigenvalue weighted by Crippen LogP contribution is -2.25. The molecule has 1 saturated carbocycles. The SMILES string of the molecule is CC1(C)CC1(C(=O)O)c1ccnc2ccccc12. The van der Waals surface area contributed by atoms with Crippen molar-refractivity contribution in [1.82, 2.24) is 4.98 Å². The molecule has 1 fully saturated rings. The van der Waals surface area contributed by atoms with Gasteiger partial charge in [-0.25, -0.2) is 0 Å². The summed E-state index contributed by atoms with van der Waals surface area (Å²) in [5.41, 5.74) is 0.808. The van der Waals surface area contributed by atoms with E-state index in [-0.39, 0.29) is 5.41 Å². The van der Waals surface area contributed by atoms with Gasteiger partial charge in [0.2, 0.25) is 0 Å². The highest BCUT2D eigenvalue weighted by Gasteiger charge is 2.68. The van der Waals surface area contributed by atoms with Gasteiger partial charge in [-0.05, 0) is 29.5 Å². The fourth-order valence-corrected chi connectivity index (χ4v) is 3.03. The van der Waals surface area contributed by atoms with Gasteiger partial charge < -0.3 is 5.11 Å². The Morgan fingerprint density at radius 1 is 1.28 bits per heavy atom. The quantitative estimate of drug-likeness (QED) is 0.879. The molecule has 92 valence electrons. The fraction of sp³-hybridized carbons (Fsp3) is 0.333. The summed E-state index contributed by atoms with van der Waals surface area (Å²) in [7, 11) is 0. The Kier molecular flexibility index (Phi) is 2.06. The van der Waals surface area contributed by atoms with Crippen molar-refractivity contribution in [3.63, 3.8) is 0 Å². The zero-order valence-electron chi connectivity index (χ0n) is 10.5. The Morgan fingerprint density at radius 3 is 2.56 bits per heavy atom. The number of aromatic nitrogens is 1. The van der Waals surface area contributed by atoms with E-state index < -0.39 is 11.4 Å². The number of carbonyl (C=O) groups is 1. The van der Waals surface area contributed by atoms with Crippen LogP contribution in [-0.4, -0.2) is 16.1 Å². The number of rotatable bonds is 2. The van der Waals surface area contributed by atoms with Gasteiger partial charge in [0.25, 0.3) is 0 Å². The molecule has 3 heteroatoms. The number of aliphatic carboxylic acids is 1. The van der Waals surface area contributed by atoms with Crippen LogP contribution in [0.3, 0.4) is 0 Å². The minimum atomic E-state index is -0.754. The number of nitrogens with zero attached hydrogens (tertiary/aromatic N) is 1. The lowest BCUT2D eigenvalue weighted by Gasteiger charge is -2.18. The van der Waals surface area contributed by atoms with E-state index in [1.54, 1.807) is 6.20 Å². The molecule has 0 saturated heterocycles. The first-order chi connectivity index (χ1) is 8.49. The minimum Gasteiger partial charge on any atom is -0.481 e. The zero-order chi connectivity index (χ0) is 13.0. The maximum Gasteiger partial charge on any atom is 0.314 e. The molecular formula is C15H15NO2. The molecule has 0 aliphatic heterocycles. The van der Waals surface area contributed by atoms with E-state index in [0.29, 0.717) is 6.42 Å². The normalized spacial score (nSPS) is 25.0. The van der Waals surface area contributed by atoms with Gasteiger partial charge in [0.15, 0.2) is 0 Å². The second-order valence-corrected chi connectivity index (χ2v) is 5.65. The second kappa shape index (κ2) is 3.31. The average molecular weight is 241 g/mol. The predicted molar refractivity (Wildman–Crippen MR) is 69.5 cm³/mol. The van der Waals surface area contributed by atoms with Gasteiger partial charge >= 0.3 is 5.97 Å². The first-order valence-electron chi connectivity index (χ1n) is 6.07. The van der Waals surface area contributed by atoms with Crippen LogP contribution in [-0.2, 0) is 10.2 Å². The van der Waals surface area contributed by atoms with Crippen LogP contribution < -0.4 is 0 Å². The van der Waals surface area contributed by atoms with E-state index in [1.807, 2.05) is 44.2 Å². The molecule has 0 bridgehead atoms. The van der Waals surface area contributed by atoms with Crippen molar-refractivity contribution in [2.45, 2.75) is 25.7 Å². The third-order valence-electron chi connectivity index (χ3n) is 4.21. The Morgan fingerprint density at radius 2 is 1.94 bits per heavy atom. The van der Waals surface area contributed by atoms with Crippen LogP contribution in [0.25, 0.3) is 10.9 Å². The molecule has 0 spiro atoms. The zero-order valence-corrected chi connectivity index (χ0v) is 10.5. The van der Waals surface area contributed by atoms with Gasteiger partial charge in [-0.2, -0.15) is 0 Å². The first kappa shape index (κ1) is 11.2. The van der Waals surface area contributed by atoms with Crippen LogP contribution in [0, 0.1) is 5.41 Å². The molecule has 1 aromatic carbocycles. The first-order valence-corrected chi connectivity index (χ1v) is 6.07. The maximum atomic E-state index is 11.7. The summed E-state index contributed by atoms with van der Waals surface area (Å²) >= 11 is 0. The highest BCUT2D eigenvalue weighted by Crippen LogP contribution is 2.65. The summed E-state index contributed by atoms with van der Waals surface area (Å²) in [4.78, 5) is 16.0. The van der Waals surface area contributed by atoms with E-state index in [4.69, 9.17) is 0 Å². The number of para-hydroxylation sites is 1. The van der Waals surface area contributed by atoms with Gasteiger partial charge in [0.05, 0.1) is 10.9 Å². The number of fused-ring (bicyclic) bond motifs is 1. The molecule has 0 amide bonds. The van der Waals surface area contributed by atoms with Crippen molar-refractivity contribution in [1.29, 1.82) is 0 Å². The van der Waals surface area contributed by atoms with Crippen molar-refractivity contribution in [3.05, 3.63) is 42.1 Å². The number of benzene rings is 1. The third kappa shape index (κ3) is 1.24. The Bertz CT molecular complexity index is 642. The number of carboxylic acid groups (broad SMARTS) is 1. The molecule has 3 rings (SSSR count). The monoisotopic (exact) mass is 241 g/mol. The second-order valence-electron chi connectivity index (χ2n) is 5.65. The van der Waals surface area contributed by atoms with E-state index >= 15 is 0 Å². The molecule has 3 nitrogen and oxygen atoms in total. The lowest BCUT2D eigenvalue weighted by molar-refractivity contribution is -0.141. The van der Waals surface area contributed by atoms with Crippen molar-refractivity contribution in [2.75, 3.05) is 0 Å². The Labute approximate surface area is 105 Å². The summed E-state index contributed by atoms with van der Waals surface area (Å²) < 4.78 is 0. The molecule has 1 aromatic heterocycles. The topological polar surface area (TPSA) is 50.2 Å². The standard InChI is InChI=1S/C15H15NO2/c1-14(2)9-15(14,13(17)18)11-7-8-16-12-6-4-3-5-10(11)12/h3-8H,9H2,1-2H3,(H,17,18). The van der Waals surface area contributed by atoms with Crippen LogP contribution in [0.4, 0.5) is 0 Å². The number of pyridine rings is 1. The maximum absolute atomic E-state index is 11.7. The Balaban J connectivity index is 2.30. The van der Waals surface area contributed by atoms with Crippen molar-refractivity contribution < 1.29 is 9.90 Å². The highest BCUT2D eigenvalue weighted by atomic mass is 16.4. The van der Waals surface area contributed by atoms with Gasteiger partial charge in [-0.1, -0.05) is 32.0 Å². The number of hydrogen-bond acceptors (Lipinski definition) is 2. The fourth-order valence-electron chi connectivity index (χ4n) is 3.03. The van der Waals surface area contributed by atoms with Crippen LogP contribution in [0.15, 0.2) is 36.5 Å². The highest BCUT2D eigenvalue weighted by molar-refractivity contribution is 5.94. The van der Waals surface area contributed by atoms with Crippen molar-refractivity contribution >= 4 is 16.9 Å². The molecule has 1 heterocycles. The summed E-state index contributed by atoms with van der Waals surface area (Å²) in [6.07, 6.45) is 2.39. The summed E-state index contributed by atoms with van der Waals surface area (Å²) in [5, 5.41) is 10.6. The lowest BCUT2D eigenvalue weighted by atomic mass is 9.86. The third-order valence-corrected chi connectivity index (χ3v) is 4.21. The molecule has 1 N–H and O–H groups in total. The molecule has 1 unspecified atom stereocenters. The minimum absolute atomic E-state index is 0.192. The largest absolute Gasteiger partial charge is 0.481 e. The van der Waals surface area contributed by atoms with E-state index in [1.165, 1.54) is 0 Å². The van der Waals surface area contributed by atoms with Gasteiger partial charge in [-0.15, -0.1) is 0 Å². The van der Waals surface area contributed by atoms with Crippen LogP contribution in [0.1, 0.15) is 25.8 Å². The van der Waals surface area contributed by atoms with E-state index in [9.17, 15) is 9.90 Å². The van der Waals surface area contributed by atoms with Crippen LogP contribution in [0.5, 0.6) is 0 Å². The van der Waals surface area contributed by atoms with Crippen molar-refractivity contribution in [3.8, 4) is 0 Å².